The molecule has 0 saturated heterocycles. The summed E-state index contributed by atoms with van der Waals surface area (Å²) in [7, 11) is 0. The molecule has 6 heteroatoms. The number of amides is 1. The van der Waals surface area contributed by atoms with Gasteiger partial charge in [-0.05, 0) is 36.6 Å². The Morgan fingerprint density at radius 1 is 1.32 bits per heavy atom. The summed E-state index contributed by atoms with van der Waals surface area (Å²) in [5, 5.41) is 9.54. The first-order valence-corrected chi connectivity index (χ1v) is 9.26. The van der Waals surface area contributed by atoms with Crippen LogP contribution in [0.25, 0.3) is 10.9 Å². The first-order valence-electron chi connectivity index (χ1n) is 8.01. The van der Waals surface area contributed by atoms with Crippen molar-refractivity contribution < 1.29 is 4.79 Å². The van der Waals surface area contributed by atoms with Crippen LogP contribution >= 0.6 is 22.9 Å². The quantitative estimate of drug-likeness (QED) is 0.599. The van der Waals surface area contributed by atoms with Gasteiger partial charge in [-0.1, -0.05) is 29.3 Å². The maximum absolute atomic E-state index is 12.1. The molecule has 0 radical (unpaired) electrons. The van der Waals surface area contributed by atoms with E-state index in [0.717, 1.165) is 32.6 Å². The predicted octanol–water partition coefficient (Wildman–Crippen LogP) is 4.96. The summed E-state index contributed by atoms with van der Waals surface area (Å²) >= 11 is 8.09. The van der Waals surface area contributed by atoms with Crippen molar-refractivity contribution >= 4 is 45.5 Å². The number of carbonyl (C=O) groups is 1. The number of rotatable bonds is 2. The van der Waals surface area contributed by atoms with Gasteiger partial charge >= 0.3 is 0 Å². The highest BCUT2D eigenvalue weighted by molar-refractivity contribution is 7.12. The maximum atomic E-state index is 12.1. The molecule has 4 nitrogen and oxygen atoms in total. The van der Waals surface area contributed by atoms with Gasteiger partial charge in [0.1, 0.15) is 5.15 Å². The third-order valence-electron chi connectivity index (χ3n) is 4.35. The lowest BCUT2D eigenvalue weighted by Crippen LogP contribution is -2.24. The lowest BCUT2D eigenvalue weighted by Gasteiger charge is -2.21. The summed E-state index contributed by atoms with van der Waals surface area (Å²) in [4.78, 5) is 17.7. The molecule has 0 saturated carbocycles. The largest absolute Gasteiger partial charge is 0.273 e. The molecule has 0 fully saturated rings. The van der Waals surface area contributed by atoms with E-state index < -0.39 is 0 Å². The van der Waals surface area contributed by atoms with Gasteiger partial charge in [0.2, 0.25) is 5.91 Å². The minimum absolute atomic E-state index is 0.100. The van der Waals surface area contributed by atoms with Crippen molar-refractivity contribution in [1.29, 1.82) is 0 Å². The van der Waals surface area contributed by atoms with E-state index in [9.17, 15) is 4.79 Å². The van der Waals surface area contributed by atoms with E-state index in [-0.39, 0.29) is 11.9 Å². The fourth-order valence-electron chi connectivity index (χ4n) is 3.16. The van der Waals surface area contributed by atoms with Crippen LogP contribution in [-0.4, -0.2) is 21.6 Å². The van der Waals surface area contributed by atoms with E-state index in [1.807, 2.05) is 42.6 Å². The van der Waals surface area contributed by atoms with E-state index in [0.29, 0.717) is 11.6 Å². The Morgan fingerprint density at radius 2 is 2.16 bits per heavy atom. The van der Waals surface area contributed by atoms with Crippen LogP contribution in [0.1, 0.15) is 35.4 Å². The molecule has 3 aromatic rings. The Balaban J connectivity index is 1.79. The van der Waals surface area contributed by atoms with Gasteiger partial charge in [0, 0.05) is 24.3 Å². The molecule has 0 aliphatic carbocycles. The van der Waals surface area contributed by atoms with Crippen LogP contribution in [0.2, 0.25) is 5.15 Å². The minimum Gasteiger partial charge on any atom is -0.273 e. The van der Waals surface area contributed by atoms with Gasteiger partial charge in [-0.25, -0.2) is 9.99 Å². The van der Waals surface area contributed by atoms with E-state index >= 15 is 0 Å². The van der Waals surface area contributed by atoms with Crippen LogP contribution < -0.4 is 0 Å². The molecule has 0 bridgehead atoms. The maximum Gasteiger partial charge on any atom is 0.240 e. The fraction of sp³-hybridized carbons (Fsp3) is 0.211. The summed E-state index contributed by atoms with van der Waals surface area (Å²) in [6.07, 6.45) is 0.638. The Hall–Kier alpha value is -2.24. The highest BCUT2D eigenvalue weighted by Crippen LogP contribution is 2.37. The van der Waals surface area contributed by atoms with Gasteiger partial charge in [0.25, 0.3) is 0 Å². The monoisotopic (exact) mass is 369 g/mol. The average Bonchev–Trinajstić information content (AvgIpc) is 3.23. The lowest BCUT2D eigenvalue weighted by atomic mass is 10.0. The Labute approximate surface area is 154 Å². The smallest absolute Gasteiger partial charge is 0.240 e. The van der Waals surface area contributed by atoms with Crippen LogP contribution in [0.5, 0.6) is 0 Å². The fourth-order valence-corrected chi connectivity index (χ4v) is 4.15. The van der Waals surface area contributed by atoms with E-state index in [4.69, 9.17) is 11.6 Å². The van der Waals surface area contributed by atoms with Crippen molar-refractivity contribution in [2.75, 3.05) is 0 Å². The van der Waals surface area contributed by atoms with Crippen molar-refractivity contribution in [2.45, 2.75) is 26.3 Å². The summed E-state index contributed by atoms with van der Waals surface area (Å²) in [5.74, 6) is -0.100. The number of hydrogen-bond donors (Lipinski definition) is 0. The number of carbonyl (C=O) groups excluding carboxylic acids is 1. The summed E-state index contributed by atoms with van der Waals surface area (Å²) in [6, 6.07) is 11.9. The van der Waals surface area contributed by atoms with Gasteiger partial charge in [0.15, 0.2) is 0 Å². The number of thiophene rings is 1. The zero-order chi connectivity index (χ0) is 17.6. The first kappa shape index (κ1) is 16.2. The highest BCUT2D eigenvalue weighted by Gasteiger charge is 2.33. The molecular formula is C19H16ClN3OS. The zero-order valence-electron chi connectivity index (χ0n) is 13.9. The Kier molecular flexibility index (Phi) is 4.06. The number of nitrogens with zero attached hydrogens (tertiary/aromatic N) is 3. The SMILES string of the molecule is CC(=O)N1N=C(c2cccs2)C[C@@H]1c1cc2cc(C)ccc2nc1Cl. The van der Waals surface area contributed by atoms with Crippen LogP contribution in [0.4, 0.5) is 0 Å². The molecule has 0 N–H and O–H groups in total. The number of fused-ring (bicyclic) bond motifs is 1. The average molecular weight is 370 g/mol. The Bertz CT molecular complexity index is 997. The number of pyridine rings is 1. The van der Waals surface area contributed by atoms with Gasteiger partial charge < -0.3 is 0 Å². The topological polar surface area (TPSA) is 45.6 Å². The normalized spacial score (nSPS) is 17.2. The third kappa shape index (κ3) is 2.94. The third-order valence-corrected chi connectivity index (χ3v) is 5.57. The zero-order valence-corrected chi connectivity index (χ0v) is 15.4. The first-order chi connectivity index (χ1) is 12.0. The summed E-state index contributed by atoms with van der Waals surface area (Å²) in [6.45, 7) is 3.57. The van der Waals surface area contributed by atoms with Crippen LogP contribution in [-0.2, 0) is 4.79 Å². The number of benzene rings is 1. The molecule has 126 valence electrons. The number of aryl methyl sites for hydroxylation is 1. The number of halogens is 1. The molecule has 1 aromatic carbocycles. The second kappa shape index (κ2) is 6.24. The van der Waals surface area contributed by atoms with Gasteiger partial charge in [0.05, 0.1) is 22.1 Å². The van der Waals surface area contributed by atoms with Crippen LogP contribution in [0.3, 0.4) is 0 Å². The van der Waals surface area contributed by atoms with Crippen molar-refractivity contribution in [3.63, 3.8) is 0 Å². The van der Waals surface area contributed by atoms with Gasteiger partial charge in [-0.15, -0.1) is 11.3 Å². The molecule has 0 spiro atoms. The van der Waals surface area contributed by atoms with E-state index in [1.165, 1.54) is 11.9 Å². The molecule has 1 aliphatic heterocycles. The predicted molar refractivity (Wildman–Crippen MR) is 102 cm³/mol. The molecule has 3 heterocycles. The van der Waals surface area contributed by atoms with Crippen molar-refractivity contribution in [3.05, 3.63) is 62.9 Å². The Morgan fingerprint density at radius 3 is 2.88 bits per heavy atom. The highest BCUT2D eigenvalue weighted by atomic mass is 35.5. The summed E-state index contributed by atoms with van der Waals surface area (Å²) in [5.41, 5.74) is 3.76. The molecule has 2 aromatic heterocycles. The second-order valence-electron chi connectivity index (χ2n) is 6.17. The lowest BCUT2D eigenvalue weighted by molar-refractivity contribution is -0.130. The standard InChI is InChI=1S/C19H16ClN3OS/c1-11-5-6-15-13(8-11)9-14(19(20)21-15)17-10-16(18-4-3-7-25-18)22-23(17)12(2)24/h3-9,17H,10H2,1-2H3/t17-/m1/s1. The molecule has 1 amide bonds. The number of aromatic nitrogens is 1. The van der Waals surface area contributed by atoms with Gasteiger partial charge in [-0.2, -0.15) is 5.10 Å². The van der Waals surface area contributed by atoms with Crippen LogP contribution in [0, 0.1) is 6.92 Å². The molecule has 1 aliphatic rings. The van der Waals surface area contributed by atoms with Gasteiger partial charge in [-0.3, -0.25) is 4.79 Å². The minimum atomic E-state index is -0.223. The van der Waals surface area contributed by atoms with E-state index in [1.54, 1.807) is 11.3 Å². The van der Waals surface area contributed by atoms with E-state index in [2.05, 4.69) is 16.2 Å². The molecule has 4 rings (SSSR count). The van der Waals surface area contributed by atoms with Crippen LogP contribution in [0.15, 0.2) is 46.9 Å². The molecular weight excluding hydrogens is 354 g/mol. The number of hydrogen-bond acceptors (Lipinski definition) is 4. The van der Waals surface area contributed by atoms with Crippen molar-refractivity contribution in [1.82, 2.24) is 9.99 Å². The molecule has 1 atom stereocenters. The van der Waals surface area contributed by atoms with Crippen molar-refractivity contribution in [3.8, 4) is 0 Å². The second-order valence-corrected chi connectivity index (χ2v) is 7.48. The van der Waals surface area contributed by atoms with Crippen molar-refractivity contribution in [2.24, 2.45) is 5.10 Å². The number of hydrazone groups is 1. The molecule has 0 unspecified atom stereocenters. The summed E-state index contributed by atoms with van der Waals surface area (Å²) < 4.78 is 0. The molecule has 25 heavy (non-hydrogen) atoms.